The first-order chi connectivity index (χ1) is 23.3. The van der Waals surface area contributed by atoms with E-state index in [0.717, 1.165) is 0 Å². The summed E-state index contributed by atoms with van der Waals surface area (Å²) in [7, 11) is -1.77. The SMILES string of the molecule is c1ccc(S2(c3ccccc3)c3ccccc3N(c3ccc4c(c3)B3c5ccccc5Sc5cccc(c53)S4)c3ccccc32)cc1. The van der Waals surface area contributed by atoms with Crippen LogP contribution in [0.4, 0.5) is 17.1 Å². The number of fused-ring (bicyclic) bond motifs is 6. The molecule has 0 radical (unpaired) electrons. The van der Waals surface area contributed by atoms with Gasteiger partial charge in [-0.05, 0) is 90.4 Å². The standard InChI is InChI=1S/C42H28BNS3/c1-3-14-30(15-4-1)47(31-16-5-2-6-17-31)40-24-11-8-19-34(40)44(35-20-9-12-25-41(35)47)29-26-27-37-33(28-29)43-32-18-7-10-21-36(32)45-38-22-13-23-39(46-37)42(38)43/h1-28H. The van der Waals surface area contributed by atoms with Crippen LogP contribution in [0.1, 0.15) is 0 Å². The van der Waals surface area contributed by atoms with E-state index in [4.69, 9.17) is 0 Å². The minimum Gasteiger partial charge on any atom is -0.308 e. The minimum atomic E-state index is -1.77. The third-order valence-electron chi connectivity index (χ3n) is 9.61. The van der Waals surface area contributed by atoms with Crippen molar-refractivity contribution >= 4 is 73.7 Å². The Hall–Kier alpha value is -4.55. The summed E-state index contributed by atoms with van der Waals surface area (Å²) in [6.07, 6.45) is 0. The molecule has 5 heteroatoms. The van der Waals surface area contributed by atoms with Crippen molar-refractivity contribution in [3.05, 3.63) is 170 Å². The Morgan fingerprint density at radius 1 is 0.426 bits per heavy atom. The first-order valence-electron chi connectivity index (χ1n) is 16.0. The molecule has 0 bridgehead atoms. The third-order valence-corrected chi connectivity index (χ3v) is 15.9. The lowest BCUT2D eigenvalue weighted by atomic mass is 9.36. The lowest BCUT2D eigenvalue weighted by molar-refractivity contribution is 1.12. The van der Waals surface area contributed by atoms with Gasteiger partial charge in [0.25, 0.3) is 0 Å². The molecule has 7 aromatic carbocycles. The first-order valence-corrected chi connectivity index (χ1v) is 19.2. The second-order valence-corrected chi connectivity index (χ2v) is 17.3. The van der Waals surface area contributed by atoms with Crippen LogP contribution in [0, 0.1) is 0 Å². The van der Waals surface area contributed by atoms with E-state index in [1.54, 1.807) is 0 Å². The third kappa shape index (κ3) is 3.97. The zero-order valence-electron chi connectivity index (χ0n) is 25.4. The molecule has 0 aromatic heterocycles. The van der Waals surface area contributed by atoms with Crippen LogP contribution in [0.3, 0.4) is 0 Å². The Morgan fingerprint density at radius 3 is 1.57 bits per heavy atom. The van der Waals surface area contributed by atoms with Gasteiger partial charge in [-0.2, -0.15) is 0 Å². The number of para-hydroxylation sites is 2. The lowest BCUT2D eigenvalue weighted by Gasteiger charge is -2.50. The minimum absolute atomic E-state index is 0.212. The molecular weight excluding hydrogens is 625 g/mol. The maximum absolute atomic E-state index is 2.53. The van der Waals surface area contributed by atoms with Gasteiger partial charge in [-0.1, -0.05) is 119 Å². The molecule has 10 rings (SSSR count). The van der Waals surface area contributed by atoms with Gasteiger partial charge in [0.2, 0.25) is 6.71 Å². The molecule has 0 spiro atoms. The maximum atomic E-state index is 2.53. The molecule has 47 heavy (non-hydrogen) atoms. The molecule has 0 unspecified atom stereocenters. The topological polar surface area (TPSA) is 3.24 Å². The zero-order chi connectivity index (χ0) is 31.0. The summed E-state index contributed by atoms with van der Waals surface area (Å²) in [5, 5.41) is 0. The monoisotopic (exact) mass is 653 g/mol. The van der Waals surface area contributed by atoms with Gasteiger partial charge in [-0.3, -0.25) is 0 Å². The van der Waals surface area contributed by atoms with Crippen LogP contribution >= 0.6 is 33.6 Å². The smallest absolute Gasteiger partial charge is 0.247 e. The number of nitrogens with zero attached hydrogens (tertiary/aromatic N) is 1. The molecule has 0 aliphatic carbocycles. The normalized spacial score (nSPS) is 15.4. The maximum Gasteiger partial charge on any atom is 0.247 e. The number of rotatable bonds is 3. The summed E-state index contributed by atoms with van der Waals surface area (Å²) < 4.78 is 0. The summed E-state index contributed by atoms with van der Waals surface area (Å²) in [6, 6.07) is 63.6. The molecule has 0 saturated carbocycles. The van der Waals surface area contributed by atoms with Crippen molar-refractivity contribution < 1.29 is 0 Å². The van der Waals surface area contributed by atoms with E-state index in [1.165, 1.54) is 72.6 Å². The summed E-state index contributed by atoms with van der Waals surface area (Å²) in [5.74, 6) is 0. The average molecular weight is 654 g/mol. The van der Waals surface area contributed by atoms with Crippen LogP contribution < -0.4 is 21.3 Å². The predicted octanol–water partition coefficient (Wildman–Crippen LogP) is 10.3. The Kier molecular flexibility index (Phi) is 6.30. The van der Waals surface area contributed by atoms with Gasteiger partial charge >= 0.3 is 0 Å². The van der Waals surface area contributed by atoms with Gasteiger partial charge in [0, 0.05) is 44.9 Å². The molecule has 222 valence electrons. The highest BCUT2D eigenvalue weighted by Gasteiger charge is 2.43. The molecule has 7 aromatic rings. The highest BCUT2D eigenvalue weighted by atomic mass is 32.3. The molecule has 3 aliphatic heterocycles. The molecule has 3 heterocycles. The van der Waals surface area contributed by atoms with Crippen molar-refractivity contribution in [2.75, 3.05) is 4.90 Å². The van der Waals surface area contributed by atoms with E-state index < -0.39 is 10.0 Å². The Labute approximate surface area is 286 Å². The molecule has 1 nitrogen and oxygen atoms in total. The van der Waals surface area contributed by atoms with Crippen molar-refractivity contribution in [2.45, 2.75) is 39.2 Å². The van der Waals surface area contributed by atoms with Crippen LogP contribution in [-0.4, -0.2) is 6.71 Å². The number of hydrogen-bond acceptors (Lipinski definition) is 3. The van der Waals surface area contributed by atoms with Crippen molar-refractivity contribution in [1.82, 2.24) is 0 Å². The van der Waals surface area contributed by atoms with Crippen molar-refractivity contribution in [1.29, 1.82) is 0 Å². The fraction of sp³-hybridized carbons (Fsp3) is 0. The van der Waals surface area contributed by atoms with Gasteiger partial charge in [0.1, 0.15) is 0 Å². The van der Waals surface area contributed by atoms with Crippen LogP contribution in [0.25, 0.3) is 0 Å². The van der Waals surface area contributed by atoms with E-state index in [-0.39, 0.29) is 6.71 Å². The molecule has 0 saturated heterocycles. The van der Waals surface area contributed by atoms with Gasteiger partial charge in [-0.15, -0.1) is 10.0 Å². The summed E-state index contributed by atoms with van der Waals surface area (Å²) in [6.45, 7) is 0.212. The second-order valence-electron chi connectivity index (χ2n) is 12.1. The van der Waals surface area contributed by atoms with E-state index in [0.29, 0.717) is 0 Å². The Bertz CT molecular complexity index is 2240. The Morgan fingerprint density at radius 2 is 0.936 bits per heavy atom. The van der Waals surface area contributed by atoms with Crippen molar-refractivity contribution in [3.63, 3.8) is 0 Å². The molecule has 3 aliphatic rings. The number of hydrogen-bond donors (Lipinski definition) is 0. The molecule has 0 amide bonds. The van der Waals surface area contributed by atoms with Crippen LogP contribution in [0.2, 0.25) is 0 Å². The molecular formula is C42H28BNS3. The first kappa shape index (κ1) is 27.6. The van der Waals surface area contributed by atoms with Gasteiger partial charge in [0.05, 0.1) is 11.4 Å². The van der Waals surface area contributed by atoms with E-state index >= 15 is 0 Å². The van der Waals surface area contributed by atoms with E-state index in [1.807, 2.05) is 23.5 Å². The summed E-state index contributed by atoms with van der Waals surface area (Å²) >= 11 is 3.83. The largest absolute Gasteiger partial charge is 0.308 e. The lowest BCUT2D eigenvalue weighted by Crippen LogP contribution is -2.58. The van der Waals surface area contributed by atoms with Crippen LogP contribution in [-0.2, 0) is 0 Å². The van der Waals surface area contributed by atoms with Gasteiger partial charge in [0.15, 0.2) is 0 Å². The zero-order valence-corrected chi connectivity index (χ0v) is 27.9. The summed E-state index contributed by atoms with van der Waals surface area (Å²) in [4.78, 5) is 13.4. The molecule has 0 atom stereocenters. The predicted molar refractivity (Wildman–Crippen MR) is 200 cm³/mol. The van der Waals surface area contributed by atoms with Crippen molar-refractivity contribution in [3.8, 4) is 0 Å². The fourth-order valence-corrected chi connectivity index (χ4v) is 14.3. The highest BCUT2D eigenvalue weighted by Crippen LogP contribution is 2.79. The van der Waals surface area contributed by atoms with Gasteiger partial charge in [-0.25, -0.2) is 0 Å². The van der Waals surface area contributed by atoms with E-state index in [2.05, 4.69) is 175 Å². The Balaban J connectivity index is 1.23. The molecule has 0 N–H and O–H groups in total. The quantitative estimate of drug-likeness (QED) is 0.175. The van der Waals surface area contributed by atoms with Crippen LogP contribution in [0.15, 0.2) is 209 Å². The van der Waals surface area contributed by atoms with Gasteiger partial charge < -0.3 is 4.90 Å². The molecule has 0 fully saturated rings. The van der Waals surface area contributed by atoms with Crippen molar-refractivity contribution in [2.24, 2.45) is 0 Å². The van der Waals surface area contributed by atoms with Crippen LogP contribution in [0.5, 0.6) is 0 Å². The summed E-state index contributed by atoms with van der Waals surface area (Å²) in [5.41, 5.74) is 7.96. The number of anilines is 3. The van der Waals surface area contributed by atoms with E-state index in [9.17, 15) is 0 Å². The fourth-order valence-electron chi connectivity index (χ4n) is 7.73. The highest BCUT2D eigenvalue weighted by molar-refractivity contribution is 8.34. The average Bonchev–Trinajstić information content (AvgIpc) is 3.14. The number of benzene rings is 7. The second kappa shape index (κ2) is 10.7.